The predicted molar refractivity (Wildman–Crippen MR) is 79.3 cm³/mol. The van der Waals surface area contributed by atoms with Crippen LogP contribution in [0.2, 0.25) is 0 Å². The lowest BCUT2D eigenvalue weighted by Gasteiger charge is -2.12. The van der Waals surface area contributed by atoms with Gasteiger partial charge in [-0.15, -0.1) is 0 Å². The molecule has 1 atom stereocenters. The van der Waals surface area contributed by atoms with Crippen molar-refractivity contribution in [2.75, 3.05) is 5.32 Å². The van der Waals surface area contributed by atoms with Crippen LogP contribution in [0.3, 0.4) is 0 Å². The Labute approximate surface area is 118 Å². The Kier molecular flexibility index (Phi) is 4.90. The molecule has 0 fully saturated rings. The molecule has 0 saturated heterocycles. The maximum Gasteiger partial charge on any atom is 0.242 e. The first-order chi connectivity index (χ1) is 9.70. The Morgan fingerprint density at radius 2 is 2.15 bits per heavy atom. The standard InChI is InChI=1S/C15H20N4O/c1-2-12-10-17-19-14(12)18-15(20)13(16)9-8-11-6-4-3-5-7-11/h3-7,10,13H,2,8-9,16H2,1H3,(H2,17,18,19,20)/t13-/m0/s1. The third-order valence-corrected chi connectivity index (χ3v) is 3.27. The zero-order valence-corrected chi connectivity index (χ0v) is 11.6. The van der Waals surface area contributed by atoms with Gasteiger partial charge in [-0.3, -0.25) is 9.89 Å². The van der Waals surface area contributed by atoms with Crippen molar-refractivity contribution in [3.63, 3.8) is 0 Å². The van der Waals surface area contributed by atoms with Crippen LogP contribution in [0.4, 0.5) is 5.82 Å². The van der Waals surface area contributed by atoms with Gasteiger partial charge in [-0.1, -0.05) is 37.3 Å². The molecule has 4 N–H and O–H groups in total. The third-order valence-electron chi connectivity index (χ3n) is 3.27. The van der Waals surface area contributed by atoms with Crippen LogP contribution in [0, 0.1) is 0 Å². The Morgan fingerprint density at radius 3 is 2.85 bits per heavy atom. The normalized spacial score (nSPS) is 12.1. The van der Waals surface area contributed by atoms with E-state index < -0.39 is 6.04 Å². The molecule has 0 bridgehead atoms. The van der Waals surface area contributed by atoms with Gasteiger partial charge in [0.05, 0.1) is 12.2 Å². The number of H-pyrrole nitrogens is 1. The van der Waals surface area contributed by atoms with Gasteiger partial charge in [0.2, 0.25) is 5.91 Å². The van der Waals surface area contributed by atoms with E-state index in [9.17, 15) is 4.79 Å². The molecule has 0 aliphatic carbocycles. The summed E-state index contributed by atoms with van der Waals surface area (Å²) >= 11 is 0. The van der Waals surface area contributed by atoms with E-state index in [-0.39, 0.29) is 5.91 Å². The Hall–Kier alpha value is -2.14. The van der Waals surface area contributed by atoms with Crippen LogP contribution in [0.25, 0.3) is 0 Å². The van der Waals surface area contributed by atoms with Gasteiger partial charge in [0, 0.05) is 5.56 Å². The number of amides is 1. The first kappa shape index (κ1) is 14.3. The van der Waals surface area contributed by atoms with Crippen molar-refractivity contribution in [2.24, 2.45) is 5.73 Å². The van der Waals surface area contributed by atoms with E-state index in [1.807, 2.05) is 37.3 Å². The summed E-state index contributed by atoms with van der Waals surface area (Å²) in [5, 5.41) is 9.49. The predicted octanol–water partition coefficient (Wildman–Crippen LogP) is 1.87. The van der Waals surface area contributed by atoms with Crippen molar-refractivity contribution < 1.29 is 4.79 Å². The van der Waals surface area contributed by atoms with E-state index in [2.05, 4.69) is 15.5 Å². The second-order valence-electron chi connectivity index (χ2n) is 4.74. The van der Waals surface area contributed by atoms with E-state index in [4.69, 9.17) is 5.73 Å². The molecule has 0 radical (unpaired) electrons. The number of nitrogens with two attached hydrogens (primary N) is 1. The van der Waals surface area contributed by atoms with E-state index in [0.717, 1.165) is 18.4 Å². The maximum absolute atomic E-state index is 12.0. The van der Waals surface area contributed by atoms with Crippen LogP contribution in [0.15, 0.2) is 36.5 Å². The molecular weight excluding hydrogens is 252 g/mol. The van der Waals surface area contributed by atoms with E-state index in [1.165, 1.54) is 5.56 Å². The number of benzene rings is 1. The monoisotopic (exact) mass is 272 g/mol. The number of rotatable bonds is 6. The maximum atomic E-state index is 12.0. The molecule has 106 valence electrons. The number of nitrogens with zero attached hydrogens (tertiary/aromatic N) is 1. The lowest BCUT2D eigenvalue weighted by atomic mass is 10.1. The van der Waals surface area contributed by atoms with Gasteiger partial charge in [0.1, 0.15) is 5.82 Å². The summed E-state index contributed by atoms with van der Waals surface area (Å²) in [7, 11) is 0. The molecule has 1 aromatic heterocycles. The summed E-state index contributed by atoms with van der Waals surface area (Å²) in [5.41, 5.74) is 8.09. The molecule has 0 aliphatic heterocycles. The summed E-state index contributed by atoms with van der Waals surface area (Å²) < 4.78 is 0. The second-order valence-corrected chi connectivity index (χ2v) is 4.74. The Bertz CT molecular complexity index is 550. The first-order valence-electron chi connectivity index (χ1n) is 6.83. The van der Waals surface area contributed by atoms with Crippen molar-refractivity contribution in [3.05, 3.63) is 47.7 Å². The number of carbonyl (C=O) groups is 1. The minimum atomic E-state index is -0.525. The summed E-state index contributed by atoms with van der Waals surface area (Å²) in [6, 6.07) is 9.49. The van der Waals surface area contributed by atoms with Crippen LogP contribution in [0.5, 0.6) is 0 Å². The van der Waals surface area contributed by atoms with Crippen LogP contribution in [0.1, 0.15) is 24.5 Å². The van der Waals surface area contributed by atoms with E-state index >= 15 is 0 Å². The molecule has 2 rings (SSSR count). The quantitative estimate of drug-likeness (QED) is 0.750. The molecule has 1 amide bonds. The summed E-state index contributed by atoms with van der Waals surface area (Å²) in [6.45, 7) is 2.01. The average molecular weight is 272 g/mol. The minimum absolute atomic E-state index is 0.181. The van der Waals surface area contributed by atoms with Crippen LogP contribution in [-0.2, 0) is 17.6 Å². The van der Waals surface area contributed by atoms with E-state index in [1.54, 1.807) is 6.20 Å². The van der Waals surface area contributed by atoms with Crippen LogP contribution < -0.4 is 11.1 Å². The van der Waals surface area contributed by atoms with Gasteiger partial charge in [0.15, 0.2) is 0 Å². The highest BCUT2D eigenvalue weighted by Crippen LogP contribution is 2.12. The van der Waals surface area contributed by atoms with Gasteiger partial charge >= 0.3 is 0 Å². The topological polar surface area (TPSA) is 83.8 Å². The van der Waals surface area contributed by atoms with Gasteiger partial charge in [-0.05, 0) is 24.8 Å². The molecule has 20 heavy (non-hydrogen) atoms. The van der Waals surface area contributed by atoms with E-state index in [0.29, 0.717) is 12.2 Å². The van der Waals surface area contributed by atoms with Gasteiger partial charge < -0.3 is 11.1 Å². The smallest absolute Gasteiger partial charge is 0.242 e. The molecule has 0 spiro atoms. The highest BCUT2D eigenvalue weighted by Gasteiger charge is 2.15. The largest absolute Gasteiger partial charge is 0.320 e. The number of carbonyl (C=O) groups excluding carboxylic acids is 1. The van der Waals surface area contributed by atoms with Crippen LogP contribution in [-0.4, -0.2) is 22.1 Å². The Morgan fingerprint density at radius 1 is 1.40 bits per heavy atom. The fraction of sp³-hybridized carbons (Fsp3) is 0.333. The zero-order valence-electron chi connectivity index (χ0n) is 11.6. The highest BCUT2D eigenvalue weighted by atomic mass is 16.2. The van der Waals surface area contributed by atoms with Crippen molar-refractivity contribution in [3.8, 4) is 0 Å². The molecular formula is C15H20N4O. The number of aryl methyl sites for hydroxylation is 2. The van der Waals surface area contributed by atoms with Crippen molar-refractivity contribution >= 4 is 11.7 Å². The second kappa shape index (κ2) is 6.86. The number of aromatic nitrogens is 2. The summed E-state index contributed by atoms with van der Waals surface area (Å²) in [6.07, 6.45) is 3.93. The third kappa shape index (κ3) is 3.68. The lowest BCUT2D eigenvalue weighted by molar-refractivity contribution is -0.117. The average Bonchev–Trinajstić information content (AvgIpc) is 2.93. The molecule has 2 aromatic rings. The molecule has 0 aliphatic rings. The molecule has 5 nitrogen and oxygen atoms in total. The van der Waals surface area contributed by atoms with Gasteiger partial charge in [0.25, 0.3) is 0 Å². The number of hydrogen-bond donors (Lipinski definition) is 3. The number of aromatic amines is 1. The van der Waals surface area contributed by atoms with Gasteiger partial charge in [-0.2, -0.15) is 5.10 Å². The zero-order chi connectivity index (χ0) is 14.4. The Balaban J connectivity index is 1.86. The van der Waals surface area contributed by atoms with Crippen molar-refractivity contribution in [2.45, 2.75) is 32.2 Å². The number of anilines is 1. The lowest BCUT2D eigenvalue weighted by Crippen LogP contribution is -2.36. The molecule has 0 saturated carbocycles. The summed E-state index contributed by atoms with van der Waals surface area (Å²) in [5.74, 6) is 0.465. The summed E-state index contributed by atoms with van der Waals surface area (Å²) in [4.78, 5) is 12.0. The van der Waals surface area contributed by atoms with Gasteiger partial charge in [-0.25, -0.2) is 0 Å². The SMILES string of the molecule is CCc1cn[nH]c1NC(=O)[C@@H](N)CCc1ccccc1. The molecule has 5 heteroatoms. The fourth-order valence-electron chi connectivity index (χ4n) is 2.00. The first-order valence-corrected chi connectivity index (χ1v) is 6.83. The number of hydrogen-bond acceptors (Lipinski definition) is 3. The molecule has 1 heterocycles. The molecule has 0 unspecified atom stereocenters. The minimum Gasteiger partial charge on any atom is -0.320 e. The fourth-order valence-corrected chi connectivity index (χ4v) is 2.00. The number of nitrogens with one attached hydrogen (secondary N) is 2. The van der Waals surface area contributed by atoms with Crippen molar-refractivity contribution in [1.82, 2.24) is 10.2 Å². The molecule has 1 aromatic carbocycles. The van der Waals surface area contributed by atoms with Crippen LogP contribution >= 0.6 is 0 Å². The highest BCUT2D eigenvalue weighted by molar-refractivity contribution is 5.94. The van der Waals surface area contributed by atoms with Crippen molar-refractivity contribution in [1.29, 1.82) is 0 Å².